The lowest BCUT2D eigenvalue weighted by atomic mass is 9.81. The summed E-state index contributed by atoms with van der Waals surface area (Å²) < 4.78 is 0. The molecule has 0 aromatic heterocycles. The second kappa shape index (κ2) is 13.0. The molecule has 0 bridgehead atoms. The van der Waals surface area contributed by atoms with E-state index in [4.69, 9.17) is 0 Å². The quantitative estimate of drug-likeness (QED) is 0.136. The zero-order valence-electron chi connectivity index (χ0n) is 28.3. The first-order chi connectivity index (χ1) is 25.1. The second-order valence-corrected chi connectivity index (χ2v) is 13.7. The lowest BCUT2D eigenvalue weighted by molar-refractivity contribution is 1.26. The van der Waals surface area contributed by atoms with Gasteiger partial charge in [-0.3, -0.25) is 0 Å². The largest absolute Gasteiger partial charge is 0.310 e. The molecule has 0 aliphatic carbocycles. The van der Waals surface area contributed by atoms with Gasteiger partial charge in [-0.1, -0.05) is 133 Å². The molecule has 0 saturated heterocycles. The Balaban J connectivity index is 1.45. The number of rotatable bonds is 6. The van der Waals surface area contributed by atoms with Gasteiger partial charge in [0.15, 0.2) is 0 Å². The minimum absolute atomic E-state index is 0.941. The van der Waals surface area contributed by atoms with Crippen LogP contribution in [-0.2, 0) is 0 Å². The zero-order valence-corrected chi connectivity index (χ0v) is 29.2. The van der Waals surface area contributed by atoms with E-state index >= 15 is 0 Å². The van der Waals surface area contributed by atoms with Crippen LogP contribution >= 0.6 is 12.6 Å². The van der Waals surface area contributed by atoms with Crippen molar-refractivity contribution >= 4 is 62.0 Å². The average Bonchev–Trinajstić information content (AvgIpc) is 3.19. The van der Waals surface area contributed by atoms with Crippen molar-refractivity contribution in [2.45, 2.75) is 11.8 Å². The van der Waals surface area contributed by atoms with Gasteiger partial charge >= 0.3 is 0 Å². The molecule has 0 spiro atoms. The van der Waals surface area contributed by atoms with Gasteiger partial charge < -0.3 is 4.90 Å². The van der Waals surface area contributed by atoms with Crippen LogP contribution < -0.4 is 4.90 Å². The molecule has 9 aromatic carbocycles. The molecule has 0 fully saturated rings. The number of thiol groups is 1. The molecule has 51 heavy (non-hydrogen) atoms. The Hall–Kier alpha value is -6.09. The summed E-state index contributed by atoms with van der Waals surface area (Å²) in [5.41, 5.74) is 11.9. The van der Waals surface area contributed by atoms with Crippen molar-refractivity contribution in [3.63, 3.8) is 0 Å². The summed E-state index contributed by atoms with van der Waals surface area (Å²) in [6, 6.07) is 68.2. The summed E-state index contributed by atoms with van der Waals surface area (Å²) >= 11 is 4.60. The number of nitrogens with zero attached hydrogens (tertiary/aromatic N) is 1. The summed E-state index contributed by atoms with van der Waals surface area (Å²) in [6.45, 7) is 2.15. The summed E-state index contributed by atoms with van der Waals surface area (Å²) in [5.74, 6) is 0. The summed E-state index contributed by atoms with van der Waals surface area (Å²) in [6.07, 6.45) is 0. The van der Waals surface area contributed by atoms with Crippen LogP contribution in [-0.4, -0.2) is 0 Å². The van der Waals surface area contributed by atoms with Crippen molar-refractivity contribution < 1.29 is 0 Å². The highest BCUT2D eigenvalue weighted by Crippen LogP contribution is 2.50. The minimum Gasteiger partial charge on any atom is -0.310 e. The molecular formula is C49H35NS. The number of hydrogen-bond acceptors (Lipinski definition) is 2. The van der Waals surface area contributed by atoms with Gasteiger partial charge in [0.05, 0.1) is 0 Å². The number of fused-ring (bicyclic) bond motifs is 6. The Kier molecular flexibility index (Phi) is 7.87. The van der Waals surface area contributed by atoms with E-state index in [1.54, 1.807) is 0 Å². The fraction of sp³-hybridized carbons (Fsp3) is 0.0204. The van der Waals surface area contributed by atoms with Gasteiger partial charge in [0, 0.05) is 22.0 Å². The minimum atomic E-state index is 0.941. The lowest BCUT2D eigenvalue weighted by Gasteiger charge is -2.27. The molecule has 0 atom stereocenters. The topological polar surface area (TPSA) is 3.24 Å². The second-order valence-electron chi connectivity index (χ2n) is 13.2. The van der Waals surface area contributed by atoms with Crippen molar-refractivity contribution in [3.8, 4) is 33.4 Å². The number of aryl methyl sites for hydroxylation is 1. The monoisotopic (exact) mass is 669 g/mol. The molecule has 0 radical (unpaired) electrons. The predicted octanol–water partition coefficient (Wildman–Crippen LogP) is 14.2. The van der Waals surface area contributed by atoms with Crippen LogP contribution in [0.1, 0.15) is 5.56 Å². The highest BCUT2D eigenvalue weighted by atomic mass is 32.1. The van der Waals surface area contributed by atoms with Crippen molar-refractivity contribution in [1.82, 2.24) is 0 Å². The van der Waals surface area contributed by atoms with E-state index in [0.29, 0.717) is 0 Å². The number of benzene rings is 9. The highest BCUT2D eigenvalue weighted by Gasteiger charge is 2.22. The molecule has 0 N–H and O–H groups in total. The van der Waals surface area contributed by atoms with Gasteiger partial charge in [-0.25, -0.2) is 0 Å². The maximum atomic E-state index is 4.60. The van der Waals surface area contributed by atoms with Crippen LogP contribution in [0.3, 0.4) is 0 Å². The van der Waals surface area contributed by atoms with Gasteiger partial charge in [0.2, 0.25) is 0 Å². The lowest BCUT2D eigenvalue weighted by Crippen LogP contribution is -2.10. The molecule has 0 aliphatic rings. The fourth-order valence-electron chi connectivity index (χ4n) is 7.69. The molecule has 242 valence electrons. The van der Waals surface area contributed by atoms with Crippen molar-refractivity contribution in [1.29, 1.82) is 0 Å². The average molecular weight is 670 g/mol. The van der Waals surface area contributed by atoms with Crippen LogP contribution in [0, 0.1) is 6.92 Å². The molecule has 0 saturated carbocycles. The van der Waals surface area contributed by atoms with Crippen LogP contribution in [0.25, 0.3) is 65.7 Å². The van der Waals surface area contributed by atoms with E-state index in [9.17, 15) is 0 Å². The molecule has 0 amide bonds. The van der Waals surface area contributed by atoms with Crippen LogP contribution in [0.4, 0.5) is 17.1 Å². The van der Waals surface area contributed by atoms with Gasteiger partial charge in [-0.05, 0) is 133 Å². The third kappa shape index (κ3) is 5.55. The molecule has 0 aliphatic heterocycles. The van der Waals surface area contributed by atoms with Crippen LogP contribution in [0.2, 0.25) is 0 Å². The van der Waals surface area contributed by atoms with E-state index in [0.717, 1.165) is 22.0 Å². The van der Waals surface area contributed by atoms with E-state index in [2.05, 4.69) is 213 Å². The molecule has 9 rings (SSSR count). The van der Waals surface area contributed by atoms with Crippen LogP contribution in [0.5, 0.6) is 0 Å². The van der Waals surface area contributed by atoms with Gasteiger partial charge in [-0.15, -0.1) is 12.6 Å². The van der Waals surface area contributed by atoms with E-state index < -0.39 is 0 Å². The smallest absolute Gasteiger partial charge is 0.0468 e. The molecule has 0 heterocycles. The Bertz CT molecular complexity index is 2680. The Morgan fingerprint density at radius 2 is 0.922 bits per heavy atom. The SMILES string of the molecule is Cc1cccc(N(c2ccc(S)cc2)c2ccc3c(c2)c2ccccc2c2c(-c4ccccc4)cc(-c4ccccc4)c(-c4ccccc4)c32)c1. The first-order valence-corrected chi connectivity index (χ1v) is 17.9. The molecule has 0 unspecified atom stereocenters. The maximum Gasteiger partial charge on any atom is 0.0468 e. The summed E-state index contributed by atoms with van der Waals surface area (Å²) in [4.78, 5) is 3.29. The van der Waals surface area contributed by atoms with Crippen molar-refractivity contribution in [3.05, 3.63) is 194 Å². The fourth-order valence-corrected chi connectivity index (χ4v) is 7.84. The van der Waals surface area contributed by atoms with Crippen molar-refractivity contribution in [2.24, 2.45) is 0 Å². The Labute approximate surface area is 304 Å². The standard InChI is InChI=1S/C49H35NS/c1-33-14-13-21-38(30-33)50(37-24-27-40(51)28-25-37)39-26-29-43-46(31-39)41-22-11-12-23-42(41)48-45(35-17-7-3-8-18-35)32-44(34-15-5-2-6-16-34)47(49(43)48)36-19-9-4-10-20-36/h2-32,51H,1H3. The number of hydrogen-bond donors (Lipinski definition) is 1. The summed E-state index contributed by atoms with van der Waals surface area (Å²) in [7, 11) is 0. The first-order valence-electron chi connectivity index (χ1n) is 17.4. The van der Waals surface area contributed by atoms with Crippen molar-refractivity contribution in [2.75, 3.05) is 4.90 Å². The predicted molar refractivity (Wildman–Crippen MR) is 222 cm³/mol. The van der Waals surface area contributed by atoms with E-state index in [-0.39, 0.29) is 0 Å². The number of anilines is 3. The first kappa shape index (κ1) is 30.9. The Morgan fingerprint density at radius 1 is 0.373 bits per heavy atom. The normalized spacial score (nSPS) is 11.3. The molecular weight excluding hydrogens is 635 g/mol. The third-order valence-corrected chi connectivity index (χ3v) is 10.2. The molecule has 9 aromatic rings. The van der Waals surface area contributed by atoms with Crippen LogP contribution in [0.15, 0.2) is 193 Å². The van der Waals surface area contributed by atoms with E-state index in [1.165, 1.54) is 71.3 Å². The molecule has 1 nitrogen and oxygen atoms in total. The van der Waals surface area contributed by atoms with Gasteiger partial charge in [0.1, 0.15) is 0 Å². The summed E-state index contributed by atoms with van der Waals surface area (Å²) in [5, 5.41) is 7.48. The van der Waals surface area contributed by atoms with Gasteiger partial charge in [-0.2, -0.15) is 0 Å². The third-order valence-electron chi connectivity index (χ3n) is 9.94. The maximum absolute atomic E-state index is 4.60. The Morgan fingerprint density at radius 3 is 1.59 bits per heavy atom. The van der Waals surface area contributed by atoms with Gasteiger partial charge in [0.25, 0.3) is 0 Å². The highest BCUT2D eigenvalue weighted by molar-refractivity contribution is 7.80. The zero-order chi connectivity index (χ0) is 34.3. The van der Waals surface area contributed by atoms with E-state index in [1.807, 2.05) is 0 Å². The molecule has 2 heteroatoms.